The minimum absolute atomic E-state index is 0. The standard InChI is InChI=1S/C16H33NO3.C15H22O2.4CH4/c1-12(11-19-14(2,3)4)20-17-15(5,6)9-13(18)10-16(17,7)8;1-5-15(3,14(16)17-4)11-12(2)13-9-7-6-8-10-13;;;;/h12-13,18H,9-11H2,1-8H3;6-10,12H,5,11H2,1-4H3;4*1H4. The largest absolute Gasteiger partial charge is 0.469 e. The number of hydroxylamine groups is 2. The average molecular weight is 586 g/mol. The van der Waals surface area contributed by atoms with Crippen molar-refractivity contribution in [3.8, 4) is 0 Å². The van der Waals surface area contributed by atoms with Gasteiger partial charge in [0.25, 0.3) is 0 Å². The smallest absolute Gasteiger partial charge is 0.311 e. The summed E-state index contributed by atoms with van der Waals surface area (Å²) in [4.78, 5) is 18.0. The van der Waals surface area contributed by atoms with Crippen LogP contribution in [0.25, 0.3) is 0 Å². The van der Waals surface area contributed by atoms with E-state index in [1.165, 1.54) is 12.7 Å². The maximum Gasteiger partial charge on any atom is 0.311 e. The maximum atomic E-state index is 11.8. The van der Waals surface area contributed by atoms with Gasteiger partial charge in [-0.25, -0.2) is 0 Å². The molecule has 1 aromatic carbocycles. The molecule has 0 radical (unpaired) electrons. The van der Waals surface area contributed by atoms with E-state index in [1.54, 1.807) is 0 Å². The zero-order valence-corrected chi connectivity index (χ0v) is 25.7. The number of carbonyl (C=O) groups is 1. The number of esters is 1. The van der Waals surface area contributed by atoms with E-state index in [0.717, 1.165) is 25.7 Å². The highest BCUT2D eigenvalue weighted by Crippen LogP contribution is 2.39. The number of carbonyl (C=O) groups excluding carboxylic acids is 1. The summed E-state index contributed by atoms with van der Waals surface area (Å²) in [6.45, 7) is 23.4. The first-order chi connectivity index (χ1) is 16.9. The van der Waals surface area contributed by atoms with Gasteiger partial charge in [0.1, 0.15) is 0 Å². The Kier molecular flexibility index (Phi) is 21.5. The number of hydrogen-bond acceptors (Lipinski definition) is 6. The summed E-state index contributed by atoms with van der Waals surface area (Å²) in [7, 11) is 1.46. The van der Waals surface area contributed by atoms with Crippen LogP contribution < -0.4 is 0 Å². The molecule has 1 aliphatic rings. The second-order valence-corrected chi connectivity index (χ2v) is 13.2. The van der Waals surface area contributed by atoms with Gasteiger partial charge in [0, 0.05) is 11.1 Å². The number of methoxy groups -OCH3 is 1. The minimum atomic E-state index is -0.385. The molecular formula is C35H71NO5. The van der Waals surface area contributed by atoms with Gasteiger partial charge in [-0.3, -0.25) is 9.63 Å². The van der Waals surface area contributed by atoms with Crippen molar-refractivity contribution in [2.24, 2.45) is 5.41 Å². The fourth-order valence-electron chi connectivity index (χ4n) is 5.27. The minimum Gasteiger partial charge on any atom is -0.469 e. The Labute approximate surface area is 256 Å². The Morgan fingerprint density at radius 1 is 0.976 bits per heavy atom. The van der Waals surface area contributed by atoms with Crippen molar-refractivity contribution >= 4 is 5.97 Å². The molecule has 0 saturated carbocycles. The third-order valence-corrected chi connectivity index (χ3v) is 7.19. The van der Waals surface area contributed by atoms with E-state index < -0.39 is 0 Å². The molecule has 6 nitrogen and oxygen atoms in total. The summed E-state index contributed by atoms with van der Waals surface area (Å²) in [5.41, 5.74) is 0.370. The van der Waals surface area contributed by atoms with Crippen LogP contribution in [0.15, 0.2) is 30.3 Å². The second kappa shape index (κ2) is 18.9. The van der Waals surface area contributed by atoms with Crippen LogP contribution in [0.3, 0.4) is 0 Å². The van der Waals surface area contributed by atoms with Crippen LogP contribution in [0.4, 0.5) is 0 Å². The molecule has 3 atom stereocenters. The van der Waals surface area contributed by atoms with Crippen molar-refractivity contribution in [2.75, 3.05) is 13.7 Å². The second-order valence-electron chi connectivity index (χ2n) is 13.2. The molecule has 1 fully saturated rings. The molecule has 0 amide bonds. The molecule has 0 aromatic heterocycles. The topological polar surface area (TPSA) is 68.2 Å². The molecular weight excluding hydrogens is 514 g/mol. The van der Waals surface area contributed by atoms with E-state index in [1.807, 2.05) is 59.7 Å². The average Bonchev–Trinajstić information content (AvgIpc) is 2.79. The van der Waals surface area contributed by atoms with Crippen molar-refractivity contribution in [3.05, 3.63) is 35.9 Å². The van der Waals surface area contributed by atoms with Gasteiger partial charge in [0.15, 0.2) is 0 Å². The molecule has 1 heterocycles. The van der Waals surface area contributed by atoms with Crippen molar-refractivity contribution in [1.82, 2.24) is 5.06 Å². The lowest BCUT2D eigenvalue weighted by Crippen LogP contribution is -2.62. The summed E-state index contributed by atoms with van der Waals surface area (Å²) >= 11 is 0. The molecule has 0 aliphatic carbocycles. The molecule has 1 aromatic rings. The number of ether oxygens (including phenoxy) is 2. The fourth-order valence-corrected chi connectivity index (χ4v) is 5.27. The van der Waals surface area contributed by atoms with Gasteiger partial charge in [-0.05, 0) is 99.5 Å². The maximum absolute atomic E-state index is 11.8. The lowest BCUT2D eigenvalue weighted by atomic mass is 9.77. The highest BCUT2D eigenvalue weighted by atomic mass is 16.7. The van der Waals surface area contributed by atoms with Crippen molar-refractivity contribution in [2.45, 2.75) is 166 Å². The first-order valence-electron chi connectivity index (χ1n) is 13.8. The third kappa shape index (κ3) is 15.0. The van der Waals surface area contributed by atoms with Crippen LogP contribution in [0.2, 0.25) is 0 Å². The zero-order valence-electron chi connectivity index (χ0n) is 25.7. The van der Waals surface area contributed by atoms with Gasteiger partial charge in [-0.15, -0.1) is 0 Å². The van der Waals surface area contributed by atoms with Crippen molar-refractivity contribution < 1.29 is 24.2 Å². The van der Waals surface area contributed by atoms with Crippen LogP contribution in [0.5, 0.6) is 0 Å². The van der Waals surface area contributed by atoms with Gasteiger partial charge in [0.2, 0.25) is 0 Å². The number of hydrogen-bond donors (Lipinski definition) is 1. The van der Waals surface area contributed by atoms with Gasteiger partial charge >= 0.3 is 5.97 Å². The number of benzene rings is 1. The van der Waals surface area contributed by atoms with Crippen molar-refractivity contribution in [3.63, 3.8) is 0 Å². The lowest BCUT2D eigenvalue weighted by Gasteiger charge is -2.53. The van der Waals surface area contributed by atoms with Crippen molar-refractivity contribution in [1.29, 1.82) is 0 Å². The summed E-state index contributed by atoms with van der Waals surface area (Å²) in [6, 6.07) is 10.3. The van der Waals surface area contributed by atoms with Gasteiger partial charge < -0.3 is 14.6 Å². The quantitative estimate of drug-likeness (QED) is 0.291. The highest BCUT2D eigenvalue weighted by Gasteiger charge is 2.46. The predicted molar refractivity (Wildman–Crippen MR) is 178 cm³/mol. The Balaban J connectivity index is -0.000000307. The zero-order chi connectivity index (χ0) is 28.7. The van der Waals surface area contributed by atoms with Crippen LogP contribution in [-0.4, -0.2) is 58.7 Å². The Morgan fingerprint density at radius 3 is 1.83 bits per heavy atom. The number of nitrogens with zero attached hydrogens (tertiary/aromatic N) is 1. The summed E-state index contributed by atoms with van der Waals surface area (Å²) in [5.74, 6) is 0.253. The molecule has 1 saturated heterocycles. The monoisotopic (exact) mass is 586 g/mol. The molecule has 41 heavy (non-hydrogen) atoms. The van der Waals surface area contributed by atoms with Crippen LogP contribution in [-0.2, 0) is 19.1 Å². The van der Waals surface area contributed by atoms with Gasteiger partial charge in [0.05, 0.1) is 36.9 Å². The summed E-state index contributed by atoms with van der Waals surface area (Å²) < 4.78 is 10.7. The van der Waals surface area contributed by atoms with Gasteiger partial charge in [-0.1, -0.05) is 73.9 Å². The SMILES string of the molecule is C.C.C.C.CC(COC(C)(C)C)ON1C(C)(C)CC(O)CC1(C)C.CCC(C)(CC(C)c1ccccc1)C(=O)OC. The Bertz CT molecular complexity index is 800. The number of aliphatic hydroxyl groups is 1. The number of aliphatic hydroxyl groups excluding tert-OH is 1. The summed E-state index contributed by atoms with van der Waals surface area (Å²) in [6.07, 6.45) is 2.80. The number of piperidine rings is 1. The van der Waals surface area contributed by atoms with E-state index in [9.17, 15) is 9.90 Å². The predicted octanol–water partition coefficient (Wildman–Crippen LogP) is 9.45. The highest BCUT2D eigenvalue weighted by molar-refractivity contribution is 5.76. The first-order valence-corrected chi connectivity index (χ1v) is 13.8. The molecule has 0 bridgehead atoms. The van der Waals surface area contributed by atoms with E-state index >= 15 is 0 Å². The van der Waals surface area contributed by atoms with Gasteiger partial charge in [-0.2, -0.15) is 5.06 Å². The fraction of sp³-hybridized carbons (Fsp3) is 0.800. The third-order valence-electron chi connectivity index (χ3n) is 7.19. The molecule has 246 valence electrons. The van der Waals surface area contributed by atoms with E-state index in [0.29, 0.717) is 12.5 Å². The molecule has 6 heteroatoms. The molecule has 1 N–H and O–H groups in total. The molecule has 0 spiro atoms. The molecule has 1 aliphatic heterocycles. The van der Waals surface area contributed by atoms with Crippen LogP contribution in [0.1, 0.15) is 143 Å². The van der Waals surface area contributed by atoms with E-state index in [2.05, 4.69) is 51.8 Å². The van der Waals surface area contributed by atoms with E-state index in [-0.39, 0.29) is 70.0 Å². The summed E-state index contributed by atoms with van der Waals surface area (Å²) in [5, 5.41) is 12.1. The molecule has 2 rings (SSSR count). The Morgan fingerprint density at radius 2 is 1.44 bits per heavy atom. The molecule has 3 unspecified atom stereocenters. The van der Waals surface area contributed by atoms with Crippen LogP contribution in [0, 0.1) is 5.41 Å². The van der Waals surface area contributed by atoms with E-state index in [4.69, 9.17) is 14.3 Å². The number of rotatable bonds is 9. The lowest BCUT2D eigenvalue weighted by molar-refractivity contribution is -0.318. The van der Waals surface area contributed by atoms with Crippen LogP contribution >= 0.6 is 0 Å². The first kappa shape index (κ1) is 46.5. The normalized spacial score (nSPS) is 19.1. The Hall–Kier alpha value is -1.47.